The number of rotatable bonds is 2. The van der Waals surface area contributed by atoms with Crippen LogP contribution in [0.2, 0.25) is 0 Å². The second-order valence-corrected chi connectivity index (χ2v) is 6.07. The van der Waals surface area contributed by atoms with Crippen LogP contribution in [0.25, 0.3) is 0 Å². The van der Waals surface area contributed by atoms with Crippen LogP contribution in [-0.2, 0) is 4.74 Å². The molecule has 0 atom stereocenters. The van der Waals surface area contributed by atoms with E-state index >= 15 is 0 Å². The van der Waals surface area contributed by atoms with Crippen molar-refractivity contribution in [2.24, 2.45) is 0 Å². The first-order valence-electron chi connectivity index (χ1n) is 4.09. The van der Waals surface area contributed by atoms with Gasteiger partial charge in [-0.1, -0.05) is 0 Å². The molecule has 0 aliphatic rings. The van der Waals surface area contributed by atoms with Crippen molar-refractivity contribution in [3.63, 3.8) is 0 Å². The third kappa shape index (κ3) is 3.08. The number of carbonyl (C=O) groups excluding carboxylic acids is 1. The van der Waals surface area contributed by atoms with E-state index in [-0.39, 0.29) is 5.97 Å². The Labute approximate surface area is 129 Å². The Morgan fingerprint density at radius 3 is 2.53 bits per heavy atom. The molecular formula is C9H8I3NO2. The highest BCUT2D eigenvalue weighted by molar-refractivity contribution is 14.1. The van der Waals surface area contributed by atoms with Gasteiger partial charge in [0.15, 0.2) is 0 Å². The summed E-state index contributed by atoms with van der Waals surface area (Å²) in [6.45, 7) is 2.16. The predicted octanol–water partition coefficient (Wildman–Crippen LogP) is 3.26. The third-order valence-corrected chi connectivity index (χ3v) is 4.55. The lowest BCUT2D eigenvalue weighted by atomic mass is 10.2. The Hall–Kier alpha value is 0.680. The van der Waals surface area contributed by atoms with Gasteiger partial charge in [-0.3, -0.25) is 0 Å². The maximum Gasteiger partial charge on any atom is 0.340 e. The molecule has 1 rings (SSSR count). The first-order valence-corrected chi connectivity index (χ1v) is 7.32. The molecule has 0 saturated carbocycles. The van der Waals surface area contributed by atoms with Gasteiger partial charge in [-0.05, 0) is 80.8 Å². The van der Waals surface area contributed by atoms with Crippen LogP contribution < -0.4 is 5.73 Å². The molecule has 0 saturated heterocycles. The number of halogens is 3. The summed E-state index contributed by atoms with van der Waals surface area (Å²) in [5.74, 6) is -0.311. The lowest BCUT2D eigenvalue weighted by molar-refractivity contribution is 0.0524. The molecule has 82 valence electrons. The highest BCUT2D eigenvalue weighted by atomic mass is 127. The molecule has 0 fully saturated rings. The number of hydrogen-bond donors (Lipinski definition) is 1. The molecule has 1 aromatic rings. The molecule has 0 aliphatic heterocycles. The molecule has 0 aromatic heterocycles. The summed E-state index contributed by atoms with van der Waals surface area (Å²) >= 11 is 6.34. The standard InChI is InChI=1S/C9H8I3NO2/c1-2-15-9(14)6-4(10)3-5(11)8(13)7(6)12/h3H,2,13H2,1H3. The maximum atomic E-state index is 11.7. The van der Waals surface area contributed by atoms with Gasteiger partial charge in [-0.2, -0.15) is 0 Å². The van der Waals surface area contributed by atoms with Crippen molar-refractivity contribution in [2.75, 3.05) is 12.3 Å². The molecule has 3 nitrogen and oxygen atoms in total. The van der Waals surface area contributed by atoms with E-state index in [2.05, 4.69) is 67.8 Å². The minimum Gasteiger partial charge on any atom is -0.462 e. The Kier molecular flexibility index (Phi) is 5.36. The van der Waals surface area contributed by atoms with E-state index in [1.54, 1.807) is 6.92 Å². The van der Waals surface area contributed by atoms with Gasteiger partial charge in [0.25, 0.3) is 0 Å². The molecule has 0 aliphatic carbocycles. The van der Waals surface area contributed by atoms with E-state index in [4.69, 9.17) is 10.5 Å². The highest BCUT2D eigenvalue weighted by Gasteiger charge is 2.19. The van der Waals surface area contributed by atoms with Crippen LogP contribution in [-0.4, -0.2) is 12.6 Å². The summed E-state index contributed by atoms with van der Waals surface area (Å²) in [5.41, 5.74) is 7.06. The number of nitrogen functional groups attached to an aromatic ring is 1. The fourth-order valence-corrected chi connectivity index (χ4v) is 4.81. The second-order valence-electron chi connectivity index (χ2n) is 2.66. The van der Waals surface area contributed by atoms with Crippen molar-refractivity contribution >= 4 is 79.4 Å². The molecule has 0 radical (unpaired) electrons. The van der Waals surface area contributed by atoms with E-state index in [9.17, 15) is 4.79 Å². The lowest BCUT2D eigenvalue weighted by Crippen LogP contribution is -2.11. The normalized spacial score (nSPS) is 10.1. The van der Waals surface area contributed by atoms with Crippen molar-refractivity contribution in [1.82, 2.24) is 0 Å². The van der Waals surface area contributed by atoms with Gasteiger partial charge in [-0.15, -0.1) is 0 Å². The summed E-state index contributed by atoms with van der Waals surface area (Å²) in [6, 6.07) is 1.88. The lowest BCUT2D eigenvalue weighted by Gasteiger charge is -2.10. The van der Waals surface area contributed by atoms with E-state index in [1.165, 1.54) is 0 Å². The summed E-state index contributed by atoms with van der Waals surface area (Å²) in [6.07, 6.45) is 0. The number of ether oxygens (including phenoxy) is 1. The van der Waals surface area contributed by atoms with Gasteiger partial charge < -0.3 is 10.5 Å². The highest BCUT2D eigenvalue weighted by Crippen LogP contribution is 2.29. The van der Waals surface area contributed by atoms with Crippen LogP contribution in [0.4, 0.5) is 5.69 Å². The van der Waals surface area contributed by atoms with E-state index in [1.807, 2.05) is 6.07 Å². The van der Waals surface area contributed by atoms with Crippen molar-refractivity contribution in [3.05, 3.63) is 22.3 Å². The summed E-state index contributed by atoms with van der Waals surface area (Å²) in [7, 11) is 0. The van der Waals surface area contributed by atoms with Crippen LogP contribution in [0.1, 0.15) is 17.3 Å². The third-order valence-electron chi connectivity index (χ3n) is 1.69. The van der Waals surface area contributed by atoms with Crippen LogP contribution in [0.3, 0.4) is 0 Å². The van der Waals surface area contributed by atoms with Crippen molar-refractivity contribution in [2.45, 2.75) is 6.92 Å². The second kappa shape index (κ2) is 5.84. The number of esters is 1. The topological polar surface area (TPSA) is 52.3 Å². The molecule has 15 heavy (non-hydrogen) atoms. The number of carbonyl (C=O) groups is 1. The van der Waals surface area contributed by atoms with Gasteiger partial charge in [-0.25, -0.2) is 4.79 Å². The van der Waals surface area contributed by atoms with Crippen LogP contribution in [0, 0.1) is 10.7 Å². The number of benzene rings is 1. The zero-order valence-electron chi connectivity index (χ0n) is 7.81. The average Bonchev–Trinajstić information content (AvgIpc) is 2.15. The minimum atomic E-state index is -0.311. The van der Waals surface area contributed by atoms with E-state index in [0.29, 0.717) is 17.9 Å². The number of anilines is 1. The monoisotopic (exact) mass is 543 g/mol. The molecule has 1 aromatic carbocycles. The van der Waals surface area contributed by atoms with Crippen LogP contribution >= 0.6 is 67.8 Å². The number of nitrogens with two attached hydrogens (primary N) is 1. The van der Waals surface area contributed by atoms with Gasteiger partial charge in [0.05, 0.1) is 21.4 Å². The van der Waals surface area contributed by atoms with Gasteiger partial charge in [0.1, 0.15) is 0 Å². The SMILES string of the molecule is CCOC(=O)c1c(I)cc(I)c(N)c1I. The molecule has 2 N–H and O–H groups in total. The van der Waals surface area contributed by atoms with E-state index in [0.717, 1.165) is 10.7 Å². The molecule has 0 bridgehead atoms. The van der Waals surface area contributed by atoms with Gasteiger partial charge >= 0.3 is 5.97 Å². The van der Waals surface area contributed by atoms with Crippen LogP contribution in [0.15, 0.2) is 6.07 Å². The Bertz CT molecular complexity index is 407. The zero-order valence-corrected chi connectivity index (χ0v) is 14.3. The van der Waals surface area contributed by atoms with Gasteiger partial charge in [0, 0.05) is 7.14 Å². The maximum absolute atomic E-state index is 11.7. The first-order chi connectivity index (χ1) is 6.99. The molecule has 6 heteroatoms. The minimum absolute atomic E-state index is 0.311. The number of hydrogen-bond acceptors (Lipinski definition) is 3. The Morgan fingerprint density at radius 2 is 2.00 bits per heavy atom. The summed E-state index contributed by atoms with van der Waals surface area (Å²) < 4.78 is 7.57. The molecule has 0 spiro atoms. The van der Waals surface area contributed by atoms with E-state index < -0.39 is 0 Å². The Balaban J connectivity index is 3.29. The van der Waals surface area contributed by atoms with Crippen LogP contribution in [0.5, 0.6) is 0 Å². The molecule has 0 amide bonds. The fourth-order valence-electron chi connectivity index (χ4n) is 0.996. The van der Waals surface area contributed by atoms with Crippen molar-refractivity contribution in [3.8, 4) is 0 Å². The summed E-state index contributed by atoms with van der Waals surface area (Å²) in [5, 5.41) is 0. The molecule has 0 unspecified atom stereocenters. The molecular weight excluding hydrogens is 535 g/mol. The van der Waals surface area contributed by atoms with Crippen molar-refractivity contribution < 1.29 is 9.53 Å². The smallest absolute Gasteiger partial charge is 0.340 e. The summed E-state index contributed by atoms with van der Waals surface area (Å²) in [4.78, 5) is 11.7. The Morgan fingerprint density at radius 1 is 1.40 bits per heavy atom. The predicted molar refractivity (Wildman–Crippen MR) is 85.0 cm³/mol. The van der Waals surface area contributed by atoms with Crippen molar-refractivity contribution in [1.29, 1.82) is 0 Å². The molecule has 0 heterocycles. The average molecular weight is 543 g/mol. The first kappa shape index (κ1) is 13.7. The fraction of sp³-hybridized carbons (Fsp3) is 0.222. The van der Waals surface area contributed by atoms with Gasteiger partial charge in [0.2, 0.25) is 0 Å². The zero-order chi connectivity index (χ0) is 11.6. The quantitative estimate of drug-likeness (QED) is 0.355. The largest absolute Gasteiger partial charge is 0.462 e.